The van der Waals surface area contributed by atoms with Gasteiger partial charge >= 0.3 is 0 Å². The van der Waals surface area contributed by atoms with Crippen molar-refractivity contribution in [2.45, 2.75) is 26.3 Å². The van der Waals surface area contributed by atoms with E-state index >= 15 is 0 Å². The van der Waals surface area contributed by atoms with Crippen molar-refractivity contribution in [2.75, 3.05) is 18.2 Å². The topological polar surface area (TPSA) is 57.4 Å². The molecule has 20 heavy (non-hydrogen) atoms. The van der Waals surface area contributed by atoms with Crippen molar-refractivity contribution in [3.63, 3.8) is 0 Å². The van der Waals surface area contributed by atoms with Gasteiger partial charge in [-0.15, -0.1) is 0 Å². The molecular weight excluding hydrogens is 270 g/mol. The summed E-state index contributed by atoms with van der Waals surface area (Å²) >= 11 is 1.73. The van der Waals surface area contributed by atoms with Crippen molar-refractivity contribution >= 4 is 22.6 Å². The predicted molar refractivity (Wildman–Crippen MR) is 84.5 cm³/mol. The molecule has 1 atom stereocenters. The highest BCUT2D eigenvalue weighted by atomic mass is 32.2. The largest absolute Gasteiger partial charge is 0.495 e. The molecule has 4 nitrogen and oxygen atoms in total. The summed E-state index contributed by atoms with van der Waals surface area (Å²) in [5, 5.41) is 13.1. The molecule has 0 saturated heterocycles. The van der Waals surface area contributed by atoms with Gasteiger partial charge < -0.3 is 10.1 Å². The van der Waals surface area contributed by atoms with Crippen LogP contribution in [0.15, 0.2) is 23.2 Å². The fourth-order valence-electron chi connectivity index (χ4n) is 2.13. The van der Waals surface area contributed by atoms with Gasteiger partial charge in [-0.05, 0) is 24.5 Å². The Morgan fingerprint density at radius 1 is 1.55 bits per heavy atom. The summed E-state index contributed by atoms with van der Waals surface area (Å²) in [7, 11) is 1.60. The van der Waals surface area contributed by atoms with Gasteiger partial charge in [0.05, 0.1) is 30.5 Å². The highest BCUT2D eigenvalue weighted by Gasteiger charge is 2.20. The molecule has 0 radical (unpaired) electrons. The fourth-order valence-corrected chi connectivity index (χ4v) is 3.09. The van der Waals surface area contributed by atoms with Crippen molar-refractivity contribution in [1.82, 2.24) is 0 Å². The number of anilines is 1. The lowest BCUT2D eigenvalue weighted by Crippen LogP contribution is -2.08. The number of aliphatic imine (C=N–C) groups is 1. The zero-order valence-electron chi connectivity index (χ0n) is 12.0. The number of ether oxygens (including phenoxy) is 1. The zero-order valence-corrected chi connectivity index (χ0v) is 12.8. The van der Waals surface area contributed by atoms with E-state index in [0.717, 1.165) is 23.0 Å². The molecule has 0 fully saturated rings. The second-order valence-electron chi connectivity index (χ2n) is 5.18. The molecule has 0 amide bonds. The van der Waals surface area contributed by atoms with Crippen LogP contribution in [0.2, 0.25) is 0 Å². The minimum atomic E-state index is 0.395. The van der Waals surface area contributed by atoms with Crippen LogP contribution >= 0.6 is 11.8 Å². The van der Waals surface area contributed by atoms with Crippen LogP contribution in [0.3, 0.4) is 0 Å². The Kier molecular flexibility index (Phi) is 4.91. The lowest BCUT2D eigenvalue weighted by atomic mass is 10.1. The van der Waals surface area contributed by atoms with E-state index in [2.05, 4.69) is 30.2 Å². The van der Waals surface area contributed by atoms with Gasteiger partial charge in [-0.25, -0.2) is 0 Å². The Morgan fingerprint density at radius 2 is 2.35 bits per heavy atom. The summed E-state index contributed by atoms with van der Waals surface area (Å²) in [6.45, 7) is 4.44. The molecular formula is C15H19N3OS. The fraction of sp³-hybridized carbons (Fsp3) is 0.467. The summed E-state index contributed by atoms with van der Waals surface area (Å²) in [5.74, 6) is 2.35. The van der Waals surface area contributed by atoms with Gasteiger partial charge in [-0.1, -0.05) is 25.6 Å². The van der Waals surface area contributed by atoms with Crippen LogP contribution in [0.25, 0.3) is 0 Å². The van der Waals surface area contributed by atoms with Crippen LogP contribution in [-0.4, -0.2) is 24.1 Å². The number of benzene rings is 1. The number of hydrogen-bond acceptors (Lipinski definition) is 5. The van der Waals surface area contributed by atoms with Gasteiger partial charge in [0.1, 0.15) is 5.75 Å². The Labute approximate surface area is 124 Å². The quantitative estimate of drug-likeness (QED) is 0.921. The molecule has 1 aliphatic rings. The molecule has 0 spiro atoms. The van der Waals surface area contributed by atoms with Crippen LogP contribution in [0.4, 0.5) is 5.69 Å². The van der Waals surface area contributed by atoms with E-state index in [1.165, 1.54) is 0 Å². The Morgan fingerprint density at radius 3 is 3.00 bits per heavy atom. The molecule has 1 unspecified atom stereocenters. The van der Waals surface area contributed by atoms with Gasteiger partial charge in [-0.3, -0.25) is 4.99 Å². The zero-order chi connectivity index (χ0) is 14.5. The third-order valence-corrected chi connectivity index (χ3v) is 4.06. The first-order valence-electron chi connectivity index (χ1n) is 6.68. The van der Waals surface area contributed by atoms with Gasteiger partial charge in [0.2, 0.25) is 0 Å². The SMILES string of the molecule is COc1cc(C#N)ccc1NC1=NC(CC(C)C)CS1. The van der Waals surface area contributed by atoms with Crippen molar-refractivity contribution in [3.8, 4) is 11.8 Å². The molecule has 0 aliphatic carbocycles. The first-order valence-corrected chi connectivity index (χ1v) is 7.66. The monoisotopic (exact) mass is 289 g/mol. The molecule has 5 heteroatoms. The molecule has 0 saturated carbocycles. The van der Waals surface area contributed by atoms with Crippen molar-refractivity contribution in [2.24, 2.45) is 10.9 Å². The molecule has 0 bridgehead atoms. The Bertz CT molecular complexity index is 549. The van der Waals surface area contributed by atoms with Crippen LogP contribution in [0.5, 0.6) is 5.75 Å². The molecule has 1 heterocycles. The number of hydrogen-bond donors (Lipinski definition) is 1. The molecule has 2 rings (SSSR count). The number of rotatable bonds is 4. The number of methoxy groups -OCH3 is 1. The number of thioether (sulfide) groups is 1. The minimum absolute atomic E-state index is 0.395. The average molecular weight is 289 g/mol. The summed E-state index contributed by atoms with van der Waals surface area (Å²) in [6, 6.07) is 7.87. The van der Waals surface area contributed by atoms with E-state index in [-0.39, 0.29) is 0 Å². The summed E-state index contributed by atoms with van der Waals surface area (Å²) in [6.07, 6.45) is 1.11. The van der Waals surface area contributed by atoms with Crippen LogP contribution < -0.4 is 10.1 Å². The predicted octanol–water partition coefficient (Wildman–Crippen LogP) is 3.50. The molecule has 1 aliphatic heterocycles. The van der Waals surface area contributed by atoms with Crippen LogP contribution in [-0.2, 0) is 0 Å². The van der Waals surface area contributed by atoms with Crippen LogP contribution in [0, 0.1) is 17.2 Å². The van der Waals surface area contributed by atoms with Gasteiger partial charge in [-0.2, -0.15) is 5.26 Å². The molecule has 106 valence electrons. The third kappa shape index (κ3) is 3.67. The van der Waals surface area contributed by atoms with Crippen molar-refractivity contribution in [3.05, 3.63) is 23.8 Å². The molecule has 0 aromatic heterocycles. The highest BCUT2D eigenvalue weighted by molar-refractivity contribution is 8.14. The summed E-state index contributed by atoms with van der Waals surface area (Å²) < 4.78 is 5.31. The molecule has 1 aromatic rings. The maximum Gasteiger partial charge on any atom is 0.161 e. The maximum absolute atomic E-state index is 8.90. The van der Waals surface area contributed by atoms with Gasteiger partial charge in [0.25, 0.3) is 0 Å². The normalized spacial score (nSPS) is 17.8. The first kappa shape index (κ1) is 14.7. The first-order chi connectivity index (χ1) is 9.62. The molecule has 1 N–H and O–H groups in total. The summed E-state index contributed by atoms with van der Waals surface area (Å²) in [4.78, 5) is 4.69. The van der Waals surface area contributed by atoms with E-state index in [4.69, 9.17) is 10.00 Å². The second-order valence-corrected chi connectivity index (χ2v) is 6.19. The number of nitriles is 1. The van der Waals surface area contributed by atoms with E-state index in [0.29, 0.717) is 23.3 Å². The van der Waals surface area contributed by atoms with Gasteiger partial charge in [0.15, 0.2) is 5.17 Å². The van der Waals surface area contributed by atoms with Crippen molar-refractivity contribution < 1.29 is 4.74 Å². The average Bonchev–Trinajstić information content (AvgIpc) is 2.85. The number of nitrogens with one attached hydrogen (secondary N) is 1. The van der Waals surface area contributed by atoms with E-state index in [1.54, 1.807) is 31.0 Å². The second kappa shape index (κ2) is 6.67. The Balaban J connectivity index is 2.09. The number of nitrogens with zero attached hydrogens (tertiary/aromatic N) is 2. The Hall–Kier alpha value is -1.67. The number of amidine groups is 1. The van der Waals surface area contributed by atoms with E-state index in [9.17, 15) is 0 Å². The summed E-state index contributed by atoms with van der Waals surface area (Å²) in [5.41, 5.74) is 1.44. The minimum Gasteiger partial charge on any atom is -0.495 e. The lowest BCUT2D eigenvalue weighted by Gasteiger charge is -2.10. The van der Waals surface area contributed by atoms with E-state index in [1.807, 2.05) is 6.07 Å². The highest BCUT2D eigenvalue weighted by Crippen LogP contribution is 2.29. The third-order valence-electron chi connectivity index (χ3n) is 3.03. The van der Waals surface area contributed by atoms with E-state index < -0.39 is 0 Å². The standard InChI is InChI=1S/C15H19N3OS/c1-10(2)6-12-9-20-15(17-12)18-13-5-4-11(8-16)7-14(13)19-3/h4-5,7,10,12H,6,9H2,1-3H3,(H,17,18). The lowest BCUT2D eigenvalue weighted by molar-refractivity contribution is 0.417. The van der Waals surface area contributed by atoms with Crippen LogP contribution in [0.1, 0.15) is 25.8 Å². The van der Waals surface area contributed by atoms with Crippen molar-refractivity contribution in [1.29, 1.82) is 5.26 Å². The van der Waals surface area contributed by atoms with Gasteiger partial charge in [0, 0.05) is 11.8 Å². The smallest absolute Gasteiger partial charge is 0.161 e. The molecule has 1 aromatic carbocycles. The maximum atomic E-state index is 8.90.